The van der Waals surface area contributed by atoms with Crippen LogP contribution in [0.4, 0.5) is 0 Å². The first kappa shape index (κ1) is 15.1. The fraction of sp³-hybridized carbons (Fsp3) is 0.600. The van der Waals surface area contributed by atoms with Crippen LogP contribution in [0.15, 0.2) is 6.20 Å². The highest BCUT2D eigenvalue weighted by Crippen LogP contribution is 2.19. The zero-order valence-corrected chi connectivity index (χ0v) is 12.0. The third-order valence-corrected chi connectivity index (χ3v) is 4.32. The van der Waals surface area contributed by atoms with E-state index in [9.17, 15) is 13.2 Å². The van der Waals surface area contributed by atoms with Crippen molar-refractivity contribution in [3.8, 4) is 0 Å². The molecule has 18 heavy (non-hydrogen) atoms. The third kappa shape index (κ3) is 3.30. The predicted molar refractivity (Wildman–Crippen MR) is 67.7 cm³/mol. The summed E-state index contributed by atoms with van der Waals surface area (Å²) >= 11 is 5.87. The molecule has 8 heteroatoms. The van der Waals surface area contributed by atoms with Crippen LogP contribution in [0.25, 0.3) is 0 Å². The van der Waals surface area contributed by atoms with E-state index in [-0.39, 0.29) is 10.7 Å². The number of hydrogen-bond acceptors (Lipinski definition) is 5. The number of aromatic nitrogens is 2. The SMILES string of the molecule is COCCn1ncc(Cl)c1C(=O)C(C)S(C)(=O)=O. The van der Waals surface area contributed by atoms with Gasteiger partial charge in [0.2, 0.25) is 0 Å². The van der Waals surface area contributed by atoms with E-state index in [4.69, 9.17) is 16.3 Å². The van der Waals surface area contributed by atoms with E-state index in [1.807, 2.05) is 0 Å². The van der Waals surface area contributed by atoms with E-state index in [0.717, 1.165) is 6.26 Å². The maximum absolute atomic E-state index is 12.1. The fourth-order valence-electron chi connectivity index (χ4n) is 1.34. The molecule has 0 saturated carbocycles. The van der Waals surface area contributed by atoms with Crippen molar-refractivity contribution < 1.29 is 17.9 Å². The molecule has 0 aromatic carbocycles. The molecule has 0 radical (unpaired) electrons. The molecule has 6 nitrogen and oxygen atoms in total. The first-order valence-corrected chi connectivity index (χ1v) is 7.55. The summed E-state index contributed by atoms with van der Waals surface area (Å²) in [6.07, 6.45) is 2.33. The van der Waals surface area contributed by atoms with Gasteiger partial charge < -0.3 is 4.74 Å². The van der Waals surface area contributed by atoms with Crippen LogP contribution in [0.1, 0.15) is 17.4 Å². The second-order valence-electron chi connectivity index (χ2n) is 3.89. The van der Waals surface area contributed by atoms with E-state index in [2.05, 4.69) is 5.10 Å². The minimum atomic E-state index is -3.46. The van der Waals surface area contributed by atoms with Gasteiger partial charge in [-0.25, -0.2) is 8.42 Å². The number of ketones is 1. The number of carbonyl (C=O) groups is 1. The van der Waals surface area contributed by atoms with Crippen LogP contribution in [0, 0.1) is 0 Å². The number of ether oxygens (including phenoxy) is 1. The maximum atomic E-state index is 12.1. The van der Waals surface area contributed by atoms with Gasteiger partial charge in [-0.05, 0) is 6.92 Å². The molecule has 0 aliphatic heterocycles. The number of rotatable bonds is 6. The summed E-state index contributed by atoms with van der Waals surface area (Å²) in [5, 5.41) is 2.93. The Balaban J connectivity index is 3.09. The predicted octanol–water partition coefficient (Wildman–Crippen LogP) is 0.799. The van der Waals surface area contributed by atoms with Crippen LogP contribution in [0.5, 0.6) is 0 Å². The Hall–Kier alpha value is -0.920. The normalized spacial score (nSPS) is 13.6. The Kier molecular flexibility index (Phi) is 4.89. The Morgan fingerprint density at radius 3 is 2.72 bits per heavy atom. The molecule has 0 fully saturated rings. The van der Waals surface area contributed by atoms with Gasteiger partial charge in [-0.1, -0.05) is 11.6 Å². The van der Waals surface area contributed by atoms with Gasteiger partial charge in [-0.2, -0.15) is 5.10 Å². The second-order valence-corrected chi connectivity index (χ2v) is 6.67. The molecule has 0 saturated heterocycles. The van der Waals surface area contributed by atoms with Crippen molar-refractivity contribution in [1.82, 2.24) is 9.78 Å². The summed E-state index contributed by atoms with van der Waals surface area (Å²) in [7, 11) is -1.94. The van der Waals surface area contributed by atoms with E-state index < -0.39 is 20.9 Å². The topological polar surface area (TPSA) is 78.3 Å². The lowest BCUT2D eigenvalue weighted by atomic mass is 10.2. The lowest BCUT2D eigenvalue weighted by molar-refractivity contribution is 0.0978. The maximum Gasteiger partial charge on any atom is 0.200 e. The number of methoxy groups -OCH3 is 1. The minimum Gasteiger partial charge on any atom is -0.383 e. The molecule has 0 aliphatic rings. The summed E-state index contributed by atoms with van der Waals surface area (Å²) in [6.45, 7) is 2.02. The van der Waals surface area contributed by atoms with Crippen LogP contribution >= 0.6 is 11.6 Å². The lowest BCUT2D eigenvalue weighted by Gasteiger charge is -2.11. The van der Waals surface area contributed by atoms with Crippen molar-refractivity contribution in [2.24, 2.45) is 0 Å². The number of carbonyl (C=O) groups excluding carboxylic acids is 1. The number of halogens is 1. The van der Waals surface area contributed by atoms with Gasteiger partial charge in [0.1, 0.15) is 10.9 Å². The fourth-order valence-corrected chi connectivity index (χ4v) is 2.08. The summed E-state index contributed by atoms with van der Waals surface area (Å²) in [5.74, 6) is -0.559. The van der Waals surface area contributed by atoms with E-state index in [1.54, 1.807) is 0 Å². The first-order valence-electron chi connectivity index (χ1n) is 5.22. The molecule has 0 spiro atoms. The Labute approximate surface area is 111 Å². The highest BCUT2D eigenvalue weighted by molar-refractivity contribution is 7.92. The molecule has 1 unspecified atom stereocenters. The third-order valence-electron chi connectivity index (χ3n) is 2.55. The summed E-state index contributed by atoms with van der Waals surface area (Å²) < 4.78 is 29.0. The number of hydrogen-bond donors (Lipinski definition) is 0. The van der Waals surface area contributed by atoms with Crippen LogP contribution in [0.2, 0.25) is 5.02 Å². The van der Waals surface area contributed by atoms with Crippen LogP contribution in [-0.4, -0.2) is 49.2 Å². The minimum absolute atomic E-state index is 0.103. The van der Waals surface area contributed by atoms with Crippen LogP contribution in [0.3, 0.4) is 0 Å². The van der Waals surface area contributed by atoms with E-state index in [1.165, 1.54) is 24.9 Å². The van der Waals surface area contributed by atoms with Gasteiger partial charge in [0.25, 0.3) is 0 Å². The molecule has 1 rings (SSSR count). The summed E-state index contributed by atoms with van der Waals surface area (Å²) in [6, 6.07) is 0. The summed E-state index contributed by atoms with van der Waals surface area (Å²) in [5.41, 5.74) is 0.103. The lowest BCUT2D eigenvalue weighted by Crippen LogP contribution is -2.29. The molecule has 1 heterocycles. The Bertz CT molecular complexity index is 538. The molecule has 1 aromatic heterocycles. The van der Waals surface area contributed by atoms with Gasteiger partial charge in [0.05, 0.1) is 24.4 Å². The molecule has 0 aliphatic carbocycles. The standard InChI is InChI=1S/C10H15ClN2O4S/c1-7(18(3,15)16)10(14)9-8(11)6-12-13(9)4-5-17-2/h6-7H,4-5H2,1-3H3. The molecule has 1 atom stereocenters. The van der Waals surface area contributed by atoms with Gasteiger partial charge in [-0.15, -0.1) is 0 Å². The average molecular weight is 295 g/mol. The van der Waals surface area contributed by atoms with Crippen molar-refractivity contribution in [2.45, 2.75) is 18.7 Å². The number of Topliss-reactive ketones (excluding diaryl/α,β-unsaturated/α-hetero) is 1. The highest BCUT2D eigenvalue weighted by atomic mass is 35.5. The van der Waals surface area contributed by atoms with Crippen molar-refractivity contribution in [3.63, 3.8) is 0 Å². The Morgan fingerprint density at radius 2 is 2.22 bits per heavy atom. The molecule has 0 N–H and O–H groups in total. The number of nitrogens with zero attached hydrogens (tertiary/aromatic N) is 2. The molecular formula is C10H15ClN2O4S. The molecule has 1 aromatic rings. The zero-order chi connectivity index (χ0) is 13.9. The van der Waals surface area contributed by atoms with Crippen molar-refractivity contribution in [2.75, 3.05) is 20.0 Å². The molecule has 102 valence electrons. The molecule has 0 bridgehead atoms. The van der Waals surface area contributed by atoms with Crippen LogP contribution in [-0.2, 0) is 21.1 Å². The first-order chi connectivity index (χ1) is 8.29. The van der Waals surface area contributed by atoms with E-state index in [0.29, 0.717) is 13.2 Å². The second kappa shape index (κ2) is 5.81. The highest BCUT2D eigenvalue weighted by Gasteiger charge is 2.29. The summed E-state index contributed by atoms with van der Waals surface area (Å²) in [4.78, 5) is 12.1. The van der Waals surface area contributed by atoms with Gasteiger partial charge in [0, 0.05) is 13.4 Å². The van der Waals surface area contributed by atoms with E-state index >= 15 is 0 Å². The number of sulfone groups is 1. The zero-order valence-electron chi connectivity index (χ0n) is 10.4. The van der Waals surface area contributed by atoms with Crippen LogP contribution < -0.4 is 0 Å². The van der Waals surface area contributed by atoms with Gasteiger partial charge in [-0.3, -0.25) is 9.48 Å². The van der Waals surface area contributed by atoms with Gasteiger partial charge >= 0.3 is 0 Å². The Morgan fingerprint density at radius 1 is 1.61 bits per heavy atom. The molecular weight excluding hydrogens is 280 g/mol. The average Bonchev–Trinajstić information content (AvgIpc) is 2.64. The smallest absolute Gasteiger partial charge is 0.200 e. The molecule has 0 amide bonds. The van der Waals surface area contributed by atoms with Crippen molar-refractivity contribution in [3.05, 3.63) is 16.9 Å². The van der Waals surface area contributed by atoms with Crippen molar-refractivity contribution in [1.29, 1.82) is 0 Å². The quantitative estimate of drug-likeness (QED) is 0.725. The largest absolute Gasteiger partial charge is 0.383 e. The van der Waals surface area contributed by atoms with Crippen molar-refractivity contribution >= 4 is 27.2 Å². The monoisotopic (exact) mass is 294 g/mol. The van der Waals surface area contributed by atoms with Gasteiger partial charge in [0.15, 0.2) is 15.6 Å².